The molecule has 43 heavy (non-hydrogen) atoms. The summed E-state index contributed by atoms with van der Waals surface area (Å²) < 4.78 is 5.38. The molecule has 3 aliphatic heterocycles. The fraction of sp³-hybridized carbons (Fsp3) is 0.719. The average molecular weight is 632 g/mol. The van der Waals surface area contributed by atoms with Gasteiger partial charge in [0.25, 0.3) is 0 Å². The minimum atomic E-state index is -0.578. The van der Waals surface area contributed by atoms with Crippen LogP contribution in [0.4, 0.5) is 0 Å². The summed E-state index contributed by atoms with van der Waals surface area (Å²) in [5.74, 6) is 3.42. The molecule has 1 aliphatic carbocycles. The first-order valence-electron chi connectivity index (χ1n) is 16.2. The highest BCUT2D eigenvalue weighted by atomic mass is 32.2. The smallest absolute Gasteiger partial charge is 0.243 e. The molecular weight excluding hydrogens is 583 g/mol. The highest BCUT2D eigenvalue weighted by Gasteiger charge is 2.36. The number of carbonyl (C=O) groups is 3. The Morgan fingerprint density at radius 1 is 0.977 bits per heavy atom. The normalized spacial score (nSPS) is 23.6. The zero-order valence-electron chi connectivity index (χ0n) is 25.4. The predicted molar refractivity (Wildman–Crippen MR) is 174 cm³/mol. The molecule has 2 atom stereocenters. The van der Waals surface area contributed by atoms with Gasteiger partial charge in [-0.05, 0) is 42.9 Å². The molecule has 0 unspecified atom stereocenters. The van der Waals surface area contributed by atoms with E-state index < -0.39 is 12.1 Å². The van der Waals surface area contributed by atoms with Crippen molar-refractivity contribution >= 4 is 41.2 Å². The fourth-order valence-corrected chi connectivity index (χ4v) is 8.97. The van der Waals surface area contributed by atoms with Gasteiger partial charge in [0.15, 0.2) is 0 Å². The van der Waals surface area contributed by atoms with E-state index in [4.69, 9.17) is 4.74 Å². The Bertz CT molecular complexity index is 1030. The molecule has 3 amide bonds. The topological polar surface area (TPSA) is 94.2 Å². The lowest BCUT2D eigenvalue weighted by atomic mass is 9.91. The maximum absolute atomic E-state index is 13.6. The van der Waals surface area contributed by atoms with E-state index in [1.807, 2.05) is 15.9 Å². The number of nitrogens with one attached hydrogen (secondary N) is 2. The Balaban J connectivity index is 1.14. The highest BCUT2D eigenvalue weighted by molar-refractivity contribution is 7.99. The van der Waals surface area contributed by atoms with Crippen LogP contribution < -0.4 is 10.6 Å². The van der Waals surface area contributed by atoms with Crippen molar-refractivity contribution in [1.29, 1.82) is 0 Å². The van der Waals surface area contributed by atoms with E-state index in [1.54, 1.807) is 23.5 Å². The maximum Gasteiger partial charge on any atom is 0.243 e. The van der Waals surface area contributed by atoms with Gasteiger partial charge >= 0.3 is 0 Å². The second-order valence-electron chi connectivity index (χ2n) is 12.4. The standard InChI is InChI=1S/C32H49N5O4S2/c38-30(36-15-17-41-18-16-36)20-37-24-43-23-29(37)32(40)34-28(22-42-21-26-9-5-2-6-10-26)31(39)33-27-11-13-35(14-12-27)19-25-7-3-1-4-8-25/h1,3-4,7-8,26-29H,2,5-6,9-24H2,(H,33,39)(H,34,40)/t28-,29-/m0/s1. The van der Waals surface area contributed by atoms with Crippen molar-refractivity contribution in [2.24, 2.45) is 5.92 Å². The van der Waals surface area contributed by atoms with Gasteiger partial charge in [-0.3, -0.25) is 24.2 Å². The third-order valence-electron chi connectivity index (χ3n) is 9.16. The van der Waals surface area contributed by atoms with E-state index in [0.29, 0.717) is 49.6 Å². The fourth-order valence-electron chi connectivity index (χ4n) is 6.50. The van der Waals surface area contributed by atoms with Crippen LogP contribution in [0.3, 0.4) is 0 Å². The maximum atomic E-state index is 13.6. The van der Waals surface area contributed by atoms with E-state index >= 15 is 0 Å². The molecule has 1 saturated carbocycles. The number of rotatable bonds is 12. The lowest BCUT2D eigenvalue weighted by molar-refractivity contribution is -0.138. The largest absolute Gasteiger partial charge is 0.378 e. The number of hydrogen-bond acceptors (Lipinski definition) is 8. The molecule has 0 spiro atoms. The molecule has 2 N–H and O–H groups in total. The zero-order chi connectivity index (χ0) is 29.9. The number of carbonyl (C=O) groups excluding carboxylic acids is 3. The van der Waals surface area contributed by atoms with E-state index in [0.717, 1.165) is 38.2 Å². The van der Waals surface area contributed by atoms with Crippen LogP contribution in [0.5, 0.6) is 0 Å². The number of benzene rings is 1. The van der Waals surface area contributed by atoms with Gasteiger partial charge in [0.2, 0.25) is 17.7 Å². The lowest BCUT2D eigenvalue weighted by Gasteiger charge is -2.33. The summed E-state index contributed by atoms with van der Waals surface area (Å²) in [6, 6.07) is 9.65. The van der Waals surface area contributed by atoms with Crippen LogP contribution in [0.15, 0.2) is 30.3 Å². The number of amides is 3. The minimum absolute atomic E-state index is 0.0412. The van der Waals surface area contributed by atoms with E-state index in [9.17, 15) is 14.4 Å². The van der Waals surface area contributed by atoms with Gasteiger partial charge in [0, 0.05) is 56.1 Å². The number of morpholine rings is 1. The quantitative estimate of drug-likeness (QED) is 0.364. The van der Waals surface area contributed by atoms with Gasteiger partial charge in [-0.25, -0.2) is 0 Å². The molecule has 9 nitrogen and oxygen atoms in total. The van der Waals surface area contributed by atoms with E-state index in [2.05, 4.69) is 39.8 Å². The van der Waals surface area contributed by atoms with Gasteiger partial charge in [0.1, 0.15) is 6.04 Å². The molecule has 3 saturated heterocycles. The van der Waals surface area contributed by atoms with Crippen molar-refractivity contribution in [1.82, 2.24) is 25.3 Å². The van der Waals surface area contributed by atoms with Crippen molar-refractivity contribution in [2.45, 2.75) is 69.6 Å². The van der Waals surface area contributed by atoms with Crippen molar-refractivity contribution in [3.63, 3.8) is 0 Å². The van der Waals surface area contributed by atoms with E-state index in [1.165, 1.54) is 37.7 Å². The Kier molecular flexibility index (Phi) is 12.9. The number of hydrogen-bond donors (Lipinski definition) is 2. The molecule has 4 fully saturated rings. The molecule has 0 aromatic heterocycles. The SMILES string of the molecule is O=C(NC1CCN(Cc2ccccc2)CC1)[C@H](CSCC1CCCCC1)NC(=O)[C@@H]1CSCN1CC(=O)N1CCOCC1. The van der Waals surface area contributed by atoms with Gasteiger partial charge in [0.05, 0.1) is 25.8 Å². The molecule has 0 radical (unpaired) electrons. The summed E-state index contributed by atoms with van der Waals surface area (Å²) in [4.78, 5) is 46.4. The monoisotopic (exact) mass is 631 g/mol. The first-order valence-corrected chi connectivity index (χ1v) is 18.5. The molecule has 4 aliphatic rings. The first-order chi connectivity index (χ1) is 21.0. The third-order valence-corrected chi connectivity index (χ3v) is 11.5. The van der Waals surface area contributed by atoms with E-state index in [-0.39, 0.29) is 30.3 Å². The van der Waals surface area contributed by atoms with Crippen molar-refractivity contribution in [2.75, 3.05) is 69.1 Å². The summed E-state index contributed by atoms with van der Waals surface area (Å²) in [6.45, 7) is 5.36. The summed E-state index contributed by atoms with van der Waals surface area (Å²) in [5.41, 5.74) is 1.31. The lowest BCUT2D eigenvalue weighted by Crippen LogP contribution is -2.57. The third kappa shape index (κ3) is 10.1. The van der Waals surface area contributed by atoms with Gasteiger partial charge in [-0.1, -0.05) is 49.6 Å². The Labute approximate surface area is 265 Å². The summed E-state index contributed by atoms with van der Waals surface area (Å²) >= 11 is 3.47. The van der Waals surface area contributed by atoms with Crippen LogP contribution in [0.2, 0.25) is 0 Å². The highest BCUT2D eigenvalue weighted by Crippen LogP contribution is 2.27. The Morgan fingerprint density at radius 2 is 1.72 bits per heavy atom. The van der Waals surface area contributed by atoms with Crippen LogP contribution >= 0.6 is 23.5 Å². The summed E-state index contributed by atoms with van der Waals surface area (Å²) in [7, 11) is 0. The predicted octanol–water partition coefficient (Wildman–Crippen LogP) is 2.80. The number of nitrogens with zero attached hydrogens (tertiary/aromatic N) is 3. The summed E-state index contributed by atoms with van der Waals surface area (Å²) in [6.07, 6.45) is 8.28. The minimum Gasteiger partial charge on any atom is -0.378 e. The molecule has 5 rings (SSSR count). The molecular formula is C32H49N5O4S2. The van der Waals surface area contributed by atoms with Crippen LogP contribution in [-0.4, -0.2) is 120 Å². The van der Waals surface area contributed by atoms with Crippen molar-refractivity contribution < 1.29 is 19.1 Å². The second kappa shape index (κ2) is 17.1. The van der Waals surface area contributed by atoms with Crippen molar-refractivity contribution in [3.8, 4) is 0 Å². The molecule has 3 heterocycles. The molecule has 1 aromatic carbocycles. The number of ether oxygens (including phenoxy) is 1. The average Bonchev–Trinajstić information content (AvgIpc) is 3.51. The van der Waals surface area contributed by atoms with Crippen LogP contribution in [-0.2, 0) is 25.7 Å². The molecule has 11 heteroatoms. The Morgan fingerprint density at radius 3 is 2.47 bits per heavy atom. The van der Waals surface area contributed by atoms with Gasteiger partial charge < -0.3 is 20.3 Å². The molecule has 1 aromatic rings. The first kappa shape index (κ1) is 32.6. The number of piperidine rings is 1. The van der Waals surface area contributed by atoms with Crippen LogP contribution in [0.1, 0.15) is 50.5 Å². The number of likely N-dealkylation sites (tertiary alicyclic amines) is 1. The summed E-state index contributed by atoms with van der Waals surface area (Å²) in [5, 5.41) is 6.42. The molecule has 238 valence electrons. The number of thioether (sulfide) groups is 2. The Hall–Kier alpha value is -1.79. The van der Waals surface area contributed by atoms with Crippen molar-refractivity contribution in [3.05, 3.63) is 35.9 Å². The van der Waals surface area contributed by atoms with Gasteiger partial charge in [-0.2, -0.15) is 11.8 Å². The second-order valence-corrected chi connectivity index (χ2v) is 14.5. The van der Waals surface area contributed by atoms with Gasteiger partial charge in [-0.15, -0.1) is 11.8 Å². The van der Waals surface area contributed by atoms with Crippen LogP contribution in [0.25, 0.3) is 0 Å². The van der Waals surface area contributed by atoms with Crippen LogP contribution in [0, 0.1) is 5.92 Å². The zero-order valence-corrected chi connectivity index (χ0v) is 27.1. The molecule has 0 bridgehead atoms.